The monoisotopic (exact) mass is 176 g/mol. The Bertz CT molecular complexity index is 490. The van der Waals surface area contributed by atoms with Gasteiger partial charge >= 0.3 is 5.63 Å². The molecule has 1 aromatic carbocycles. The van der Waals surface area contributed by atoms with Crippen molar-refractivity contribution >= 4 is 16.7 Å². The van der Waals surface area contributed by atoms with Crippen molar-refractivity contribution in [3.05, 3.63) is 40.8 Å². The quantitative estimate of drug-likeness (QED) is 0.387. The van der Waals surface area contributed by atoms with E-state index in [1.807, 2.05) is 12.1 Å². The molecule has 0 spiro atoms. The maximum absolute atomic E-state index is 11.2. The molecule has 0 unspecified atom stereocenters. The van der Waals surface area contributed by atoms with Crippen LogP contribution in [0.2, 0.25) is 0 Å². The van der Waals surface area contributed by atoms with E-state index in [-0.39, 0.29) is 5.69 Å². The van der Waals surface area contributed by atoms with Gasteiger partial charge in [0.1, 0.15) is 11.3 Å². The average Bonchev–Trinajstić information content (AvgIpc) is 2.17. The van der Waals surface area contributed by atoms with E-state index < -0.39 is 5.63 Å². The number of nitrogen functional groups attached to an aromatic ring is 1. The van der Waals surface area contributed by atoms with Crippen LogP contribution in [0.15, 0.2) is 39.5 Å². The van der Waals surface area contributed by atoms with Crippen LogP contribution in [0.5, 0.6) is 0 Å². The van der Waals surface area contributed by atoms with E-state index in [1.165, 1.54) is 0 Å². The molecule has 2 aromatic rings. The number of para-hydroxylation sites is 1. The van der Waals surface area contributed by atoms with E-state index in [1.54, 1.807) is 18.2 Å². The molecule has 0 aliphatic heterocycles. The highest BCUT2D eigenvalue weighted by Gasteiger charge is 2.01. The van der Waals surface area contributed by atoms with Gasteiger partial charge in [0.15, 0.2) is 0 Å². The molecule has 1 aromatic heterocycles. The Morgan fingerprint density at radius 2 is 2.08 bits per heavy atom. The second kappa shape index (κ2) is 2.91. The SMILES string of the molecule is NNc1cc2ccccc2oc1=O. The van der Waals surface area contributed by atoms with Crippen molar-refractivity contribution in [2.75, 3.05) is 5.43 Å². The molecule has 0 atom stereocenters. The highest BCUT2D eigenvalue weighted by atomic mass is 16.4. The van der Waals surface area contributed by atoms with Gasteiger partial charge in [-0.3, -0.25) is 5.84 Å². The van der Waals surface area contributed by atoms with E-state index in [0.717, 1.165) is 5.39 Å². The zero-order valence-corrected chi connectivity index (χ0v) is 6.78. The maximum Gasteiger partial charge on any atom is 0.361 e. The summed E-state index contributed by atoms with van der Waals surface area (Å²) in [6.07, 6.45) is 0. The van der Waals surface area contributed by atoms with Crippen LogP contribution >= 0.6 is 0 Å². The summed E-state index contributed by atoms with van der Waals surface area (Å²) in [5, 5.41) is 0.843. The summed E-state index contributed by atoms with van der Waals surface area (Å²) in [5.74, 6) is 5.13. The van der Waals surface area contributed by atoms with E-state index >= 15 is 0 Å². The van der Waals surface area contributed by atoms with Gasteiger partial charge in [0, 0.05) is 5.39 Å². The fourth-order valence-corrected chi connectivity index (χ4v) is 1.16. The second-order valence-corrected chi connectivity index (χ2v) is 2.63. The fraction of sp³-hybridized carbons (Fsp3) is 0. The van der Waals surface area contributed by atoms with Gasteiger partial charge in [-0.1, -0.05) is 18.2 Å². The Morgan fingerprint density at radius 3 is 2.85 bits per heavy atom. The predicted molar refractivity (Wildman–Crippen MR) is 50.3 cm³/mol. The van der Waals surface area contributed by atoms with Crippen LogP contribution in [0.4, 0.5) is 5.69 Å². The molecule has 0 aliphatic carbocycles. The molecule has 13 heavy (non-hydrogen) atoms. The minimum absolute atomic E-state index is 0.263. The molecule has 0 saturated heterocycles. The van der Waals surface area contributed by atoms with Crippen LogP contribution in [-0.4, -0.2) is 0 Å². The van der Waals surface area contributed by atoms with Gasteiger partial charge in [0.05, 0.1) is 0 Å². The summed E-state index contributed by atoms with van der Waals surface area (Å²) in [7, 11) is 0. The first kappa shape index (κ1) is 7.82. The smallest absolute Gasteiger partial charge is 0.361 e. The molecular formula is C9H8N2O2. The summed E-state index contributed by atoms with van der Waals surface area (Å²) in [5.41, 5.74) is 2.65. The average molecular weight is 176 g/mol. The van der Waals surface area contributed by atoms with Gasteiger partial charge < -0.3 is 9.84 Å². The van der Waals surface area contributed by atoms with Gasteiger partial charge in [0.25, 0.3) is 0 Å². The van der Waals surface area contributed by atoms with Crippen LogP contribution in [0.25, 0.3) is 11.0 Å². The minimum Gasteiger partial charge on any atom is -0.421 e. The third kappa shape index (κ3) is 1.27. The Hall–Kier alpha value is -1.81. The zero-order chi connectivity index (χ0) is 9.26. The Balaban J connectivity index is 2.81. The lowest BCUT2D eigenvalue weighted by molar-refractivity contribution is 0.563. The first-order valence-electron chi connectivity index (χ1n) is 3.81. The number of hydrazine groups is 1. The number of benzene rings is 1. The Kier molecular flexibility index (Phi) is 1.75. The van der Waals surface area contributed by atoms with E-state index in [0.29, 0.717) is 5.58 Å². The molecule has 0 fully saturated rings. The second-order valence-electron chi connectivity index (χ2n) is 2.63. The molecule has 0 aliphatic rings. The number of fused-ring (bicyclic) bond motifs is 1. The van der Waals surface area contributed by atoms with Crippen molar-refractivity contribution < 1.29 is 4.42 Å². The van der Waals surface area contributed by atoms with Gasteiger partial charge in [-0.15, -0.1) is 0 Å². The molecule has 4 heteroatoms. The van der Waals surface area contributed by atoms with Crippen molar-refractivity contribution in [3.8, 4) is 0 Å². The molecule has 3 N–H and O–H groups in total. The zero-order valence-electron chi connectivity index (χ0n) is 6.78. The standard InChI is InChI=1S/C9H8N2O2/c10-11-7-5-6-3-1-2-4-8(6)13-9(7)12/h1-5,11H,10H2. The van der Waals surface area contributed by atoms with Crippen LogP contribution in [-0.2, 0) is 0 Å². The molecule has 0 radical (unpaired) electrons. The number of rotatable bonds is 1. The van der Waals surface area contributed by atoms with E-state index in [9.17, 15) is 4.79 Å². The van der Waals surface area contributed by atoms with Gasteiger partial charge in [-0.25, -0.2) is 4.79 Å². The van der Waals surface area contributed by atoms with Crippen LogP contribution in [0.1, 0.15) is 0 Å². The summed E-state index contributed by atoms with van der Waals surface area (Å²) < 4.78 is 4.99. The van der Waals surface area contributed by atoms with Crippen LogP contribution < -0.4 is 16.9 Å². The number of hydrogen-bond donors (Lipinski definition) is 2. The van der Waals surface area contributed by atoms with E-state index in [4.69, 9.17) is 10.3 Å². The lowest BCUT2D eigenvalue weighted by Crippen LogP contribution is -2.15. The topological polar surface area (TPSA) is 68.3 Å². The molecular weight excluding hydrogens is 168 g/mol. The van der Waals surface area contributed by atoms with Gasteiger partial charge in [-0.05, 0) is 12.1 Å². The highest BCUT2D eigenvalue weighted by Crippen LogP contribution is 2.13. The van der Waals surface area contributed by atoms with Crippen molar-refractivity contribution in [2.45, 2.75) is 0 Å². The van der Waals surface area contributed by atoms with Crippen molar-refractivity contribution in [1.82, 2.24) is 0 Å². The molecule has 4 nitrogen and oxygen atoms in total. The lowest BCUT2D eigenvalue weighted by Gasteiger charge is -1.99. The summed E-state index contributed by atoms with van der Waals surface area (Å²) >= 11 is 0. The van der Waals surface area contributed by atoms with Crippen molar-refractivity contribution in [1.29, 1.82) is 0 Å². The van der Waals surface area contributed by atoms with E-state index in [2.05, 4.69) is 5.43 Å². The normalized spacial score (nSPS) is 10.2. The number of nitrogens with two attached hydrogens (primary N) is 1. The van der Waals surface area contributed by atoms with Crippen LogP contribution in [0, 0.1) is 0 Å². The van der Waals surface area contributed by atoms with Gasteiger partial charge in [-0.2, -0.15) is 0 Å². The first-order chi connectivity index (χ1) is 6.31. The Morgan fingerprint density at radius 1 is 1.31 bits per heavy atom. The van der Waals surface area contributed by atoms with Gasteiger partial charge in [0.2, 0.25) is 0 Å². The predicted octanol–water partition coefficient (Wildman–Crippen LogP) is 1.08. The minimum atomic E-state index is -0.457. The maximum atomic E-state index is 11.2. The van der Waals surface area contributed by atoms with Crippen molar-refractivity contribution in [2.24, 2.45) is 5.84 Å². The number of anilines is 1. The third-order valence-electron chi connectivity index (χ3n) is 1.80. The fourth-order valence-electron chi connectivity index (χ4n) is 1.16. The molecule has 0 saturated carbocycles. The highest BCUT2D eigenvalue weighted by molar-refractivity contribution is 5.79. The number of hydrogen-bond acceptors (Lipinski definition) is 4. The summed E-state index contributed by atoms with van der Waals surface area (Å²) in [6.45, 7) is 0. The first-order valence-corrected chi connectivity index (χ1v) is 3.81. The van der Waals surface area contributed by atoms with Crippen molar-refractivity contribution in [3.63, 3.8) is 0 Å². The van der Waals surface area contributed by atoms with Crippen LogP contribution in [0.3, 0.4) is 0 Å². The molecule has 66 valence electrons. The third-order valence-corrected chi connectivity index (χ3v) is 1.80. The molecule has 0 bridgehead atoms. The molecule has 1 heterocycles. The Labute approximate surface area is 73.9 Å². The molecule has 2 rings (SSSR count). The number of nitrogens with one attached hydrogen (secondary N) is 1. The largest absolute Gasteiger partial charge is 0.421 e. The lowest BCUT2D eigenvalue weighted by atomic mass is 10.2. The molecule has 0 amide bonds. The summed E-state index contributed by atoms with van der Waals surface area (Å²) in [4.78, 5) is 11.2. The summed E-state index contributed by atoms with van der Waals surface area (Å²) in [6, 6.07) is 8.90.